The first-order valence-electron chi connectivity index (χ1n) is 9.01. The van der Waals surface area contributed by atoms with Gasteiger partial charge in [-0.25, -0.2) is 0 Å². The Hall–Kier alpha value is -2.30. The molecule has 1 aromatic rings. The van der Waals surface area contributed by atoms with Gasteiger partial charge < -0.3 is 14.7 Å². The highest BCUT2D eigenvalue weighted by Gasteiger charge is 2.71. The number of ether oxygens (including phenoxy) is 1. The number of nitrogens with zero attached hydrogens (tertiary/aromatic N) is 1. The van der Waals surface area contributed by atoms with E-state index in [0.717, 1.165) is 12.1 Å². The van der Waals surface area contributed by atoms with Gasteiger partial charge in [-0.05, 0) is 25.0 Å². The number of unbranched alkanes of at least 4 members (excludes halogenated alkanes) is 1. The fraction of sp³-hybridized carbons (Fsp3) is 0.579. The number of amides is 1. The second-order valence-electron chi connectivity index (χ2n) is 6.93. The lowest BCUT2D eigenvalue weighted by Crippen LogP contribution is -2.53. The third-order valence-electron chi connectivity index (χ3n) is 4.42. The van der Waals surface area contributed by atoms with Crippen LogP contribution >= 0.6 is 0 Å². The predicted octanol–water partition coefficient (Wildman–Crippen LogP) is 4.33. The molecular weight excluding hydrogens is 420 g/mol. The van der Waals surface area contributed by atoms with Gasteiger partial charge in [-0.1, -0.05) is 26.0 Å². The molecule has 1 rings (SSSR count). The lowest BCUT2D eigenvalue weighted by atomic mass is 9.92. The van der Waals surface area contributed by atoms with Gasteiger partial charge in [0.2, 0.25) is 5.91 Å². The number of carbonyl (C=O) groups is 2. The van der Waals surface area contributed by atoms with E-state index >= 15 is 0 Å². The summed E-state index contributed by atoms with van der Waals surface area (Å²) in [6, 6.07) is 2.81. The van der Waals surface area contributed by atoms with Crippen LogP contribution in [0.25, 0.3) is 0 Å². The maximum Gasteiger partial charge on any atom is 0.430 e. The summed E-state index contributed by atoms with van der Waals surface area (Å²) in [4.78, 5) is 24.8. The molecule has 0 aliphatic carbocycles. The van der Waals surface area contributed by atoms with Crippen LogP contribution < -0.4 is 4.90 Å². The van der Waals surface area contributed by atoms with Crippen LogP contribution in [-0.2, 0) is 19.9 Å². The lowest BCUT2D eigenvalue weighted by Gasteiger charge is -2.33. The Labute approximate surface area is 169 Å². The molecule has 0 heterocycles. The van der Waals surface area contributed by atoms with Crippen molar-refractivity contribution in [1.82, 2.24) is 0 Å². The molecule has 0 unspecified atom stereocenters. The van der Waals surface area contributed by atoms with Crippen LogP contribution in [0.5, 0.6) is 0 Å². The normalized spacial score (nSPS) is 12.8. The molecule has 0 saturated heterocycles. The maximum absolute atomic E-state index is 13.0. The molecule has 0 saturated carbocycles. The summed E-state index contributed by atoms with van der Waals surface area (Å²) in [5, 5.41) is 9.46. The molecule has 1 amide bonds. The summed E-state index contributed by atoms with van der Waals surface area (Å²) in [6.45, 7) is 3.27. The van der Waals surface area contributed by atoms with Crippen molar-refractivity contribution in [1.29, 1.82) is 0 Å². The predicted molar refractivity (Wildman–Crippen MR) is 95.5 cm³/mol. The third-order valence-corrected chi connectivity index (χ3v) is 4.42. The molecule has 1 aromatic carbocycles. The van der Waals surface area contributed by atoms with Crippen molar-refractivity contribution in [2.75, 3.05) is 18.6 Å². The van der Waals surface area contributed by atoms with Crippen molar-refractivity contribution in [2.45, 2.75) is 51.1 Å². The van der Waals surface area contributed by atoms with E-state index in [2.05, 4.69) is 4.74 Å². The number of methoxy groups -OCH3 is 1. The Kier molecular flexibility index (Phi) is 8.30. The molecular formula is C19H23F6NO4. The average Bonchev–Trinajstić information content (AvgIpc) is 2.65. The van der Waals surface area contributed by atoms with E-state index in [4.69, 9.17) is 0 Å². The summed E-state index contributed by atoms with van der Waals surface area (Å²) in [5.41, 5.74) is -6.37. The average molecular weight is 443 g/mol. The molecule has 0 fully saturated rings. The molecule has 0 aliphatic heterocycles. The van der Waals surface area contributed by atoms with Crippen molar-refractivity contribution in [2.24, 2.45) is 5.92 Å². The third kappa shape index (κ3) is 5.65. The number of carbonyl (C=O) groups excluding carboxylic acids is 2. The smallest absolute Gasteiger partial charge is 0.430 e. The summed E-state index contributed by atoms with van der Waals surface area (Å²) in [6.07, 6.45) is -11.2. The number of hydrogen-bond donors (Lipinski definition) is 1. The van der Waals surface area contributed by atoms with Gasteiger partial charge >= 0.3 is 18.3 Å². The zero-order valence-electron chi connectivity index (χ0n) is 16.6. The summed E-state index contributed by atoms with van der Waals surface area (Å²) in [7, 11) is 1.22. The van der Waals surface area contributed by atoms with E-state index in [1.54, 1.807) is 13.8 Å². The minimum absolute atomic E-state index is 0.0715. The number of halogens is 6. The second kappa shape index (κ2) is 9.67. The van der Waals surface area contributed by atoms with E-state index in [1.807, 2.05) is 0 Å². The summed E-state index contributed by atoms with van der Waals surface area (Å²) >= 11 is 0. The van der Waals surface area contributed by atoms with Gasteiger partial charge in [0.15, 0.2) is 0 Å². The van der Waals surface area contributed by atoms with Crippen molar-refractivity contribution in [3.63, 3.8) is 0 Å². The molecule has 0 atom stereocenters. The van der Waals surface area contributed by atoms with Gasteiger partial charge in [0.25, 0.3) is 5.60 Å². The van der Waals surface area contributed by atoms with Crippen LogP contribution in [0.2, 0.25) is 0 Å². The van der Waals surface area contributed by atoms with Crippen LogP contribution in [0, 0.1) is 5.92 Å². The Morgan fingerprint density at radius 1 is 1.00 bits per heavy atom. The summed E-state index contributed by atoms with van der Waals surface area (Å²) < 4.78 is 82.5. The molecule has 5 nitrogen and oxygen atoms in total. The number of esters is 1. The number of hydrogen-bond acceptors (Lipinski definition) is 4. The van der Waals surface area contributed by atoms with Crippen LogP contribution in [0.15, 0.2) is 24.3 Å². The first-order chi connectivity index (χ1) is 13.7. The monoisotopic (exact) mass is 443 g/mol. The van der Waals surface area contributed by atoms with E-state index in [9.17, 15) is 41.0 Å². The topological polar surface area (TPSA) is 66.8 Å². The van der Waals surface area contributed by atoms with Gasteiger partial charge in [-0.2, -0.15) is 26.3 Å². The van der Waals surface area contributed by atoms with Gasteiger partial charge in [0.05, 0.1) is 7.11 Å². The standard InChI is InChI=1S/C19H23F6NO4/c1-12(2)16(28)26(11-5-4-6-15(27)30-3)14-9-7-13(8-10-14)17(29,18(20,21)22)19(23,24)25/h7-10,12,29H,4-6,11H2,1-3H3. The van der Waals surface area contributed by atoms with E-state index in [-0.39, 0.29) is 18.7 Å². The highest BCUT2D eigenvalue weighted by molar-refractivity contribution is 5.94. The van der Waals surface area contributed by atoms with E-state index in [1.165, 1.54) is 12.0 Å². The highest BCUT2D eigenvalue weighted by Crippen LogP contribution is 2.50. The number of aliphatic hydroxyl groups is 1. The largest absolute Gasteiger partial charge is 0.469 e. The molecule has 0 spiro atoms. The fourth-order valence-electron chi connectivity index (χ4n) is 2.69. The van der Waals surface area contributed by atoms with Gasteiger partial charge in [-0.15, -0.1) is 0 Å². The van der Waals surface area contributed by atoms with E-state index in [0.29, 0.717) is 25.0 Å². The van der Waals surface area contributed by atoms with Crippen molar-refractivity contribution >= 4 is 17.6 Å². The van der Waals surface area contributed by atoms with Crippen LogP contribution in [0.3, 0.4) is 0 Å². The Morgan fingerprint density at radius 2 is 1.50 bits per heavy atom. The number of anilines is 1. The van der Waals surface area contributed by atoms with Crippen molar-refractivity contribution in [3.8, 4) is 0 Å². The second-order valence-corrected chi connectivity index (χ2v) is 6.93. The summed E-state index contributed by atoms with van der Waals surface area (Å²) in [5.74, 6) is -1.34. The molecule has 0 bridgehead atoms. The zero-order valence-corrected chi connectivity index (χ0v) is 16.6. The minimum Gasteiger partial charge on any atom is -0.469 e. The lowest BCUT2D eigenvalue weighted by molar-refractivity contribution is -0.376. The van der Waals surface area contributed by atoms with Gasteiger partial charge in [-0.3, -0.25) is 9.59 Å². The van der Waals surface area contributed by atoms with Crippen LogP contribution in [0.4, 0.5) is 32.0 Å². The molecule has 170 valence electrons. The molecule has 0 radical (unpaired) electrons. The Balaban J connectivity index is 3.17. The van der Waals surface area contributed by atoms with E-state index < -0.39 is 41.3 Å². The van der Waals surface area contributed by atoms with Crippen LogP contribution in [0.1, 0.15) is 38.7 Å². The number of rotatable bonds is 8. The number of benzene rings is 1. The van der Waals surface area contributed by atoms with Crippen LogP contribution in [-0.4, -0.2) is 43.0 Å². The molecule has 0 aromatic heterocycles. The van der Waals surface area contributed by atoms with Crippen molar-refractivity contribution < 1.29 is 45.8 Å². The molecule has 11 heteroatoms. The molecule has 30 heavy (non-hydrogen) atoms. The first kappa shape index (κ1) is 25.7. The highest BCUT2D eigenvalue weighted by atomic mass is 19.4. The van der Waals surface area contributed by atoms with Crippen molar-refractivity contribution in [3.05, 3.63) is 29.8 Å². The maximum atomic E-state index is 13.0. The first-order valence-corrected chi connectivity index (χ1v) is 9.01. The van der Waals surface area contributed by atoms with Gasteiger partial charge in [0.1, 0.15) is 0 Å². The molecule has 0 aliphatic rings. The minimum atomic E-state index is -5.99. The Bertz CT molecular complexity index is 714. The SMILES string of the molecule is COC(=O)CCCCN(C(=O)C(C)C)c1ccc(C(O)(C(F)(F)F)C(F)(F)F)cc1. The fourth-order valence-corrected chi connectivity index (χ4v) is 2.69. The zero-order chi connectivity index (χ0) is 23.3. The van der Waals surface area contributed by atoms with Gasteiger partial charge in [0, 0.05) is 30.1 Å². The quantitative estimate of drug-likeness (QED) is 0.369. The molecule has 1 N–H and O–H groups in total. The number of alkyl halides is 6. The Morgan fingerprint density at radius 3 is 1.90 bits per heavy atom.